The molecule has 15 heavy (non-hydrogen) atoms. The highest BCUT2D eigenvalue weighted by atomic mass is 35.5. The Kier molecular flexibility index (Phi) is 3.18. The Morgan fingerprint density at radius 3 is 2.87 bits per heavy atom. The molecule has 2 rings (SSSR count). The van der Waals surface area contributed by atoms with Crippen LogP contribution < -0.4 is 5.32 Å². The van der Waals surface area contributed by atoms with E-state index in [1.54, 1.807) is 24.4 Å². The molecule has 0 fully saturated rings. The minimum absolute atomic E-state index is 0.256. The molecule has 1 heterocycles. The van der Waals surface area contributed by atoms with Crippen molar-refractivity contribution in [1.29, 1.82) is 0 Å². The molecule has 1 aromatic heterocycles. The third-order valence-corrected chi connectivity index (χ3v) is 2.97. The first-order chi connectivity index (χ1) is 7.25. The molecular formula is C10H8ClFN2S. The average Bonchev–Trinajstić information content (AvgIpc) is 2.63. The number of hydrogen-bond donors (Lipinski definition) is 1. The number of halogens is 2. The summed E-state index contributed by atoms with van der Waals surface area (Å²) in [4.78, 5) is 4.88. The van der Waals surface area contributed by atoms with Crippen LogP contribution in [0.3, 0.4) is 0 Å². The van der Waals surface area contributed by atoms with Crippen molar-refractivity contribution in [3.05, 3.63) is 45.6 Å². The van der Waals surface area contributed by atoms with E-state index in [0.717, 1.165) is 4.88 Å². The van der Waals surface area contributed by atoms with Crippen molar-refractivity contribution < 1.29 is 4.39 Å². The van der Waals surface area contributed by atoms with Gasteiger partial charge in [-0.15, -0.1) is 11.3 Å². The Labute approximate surface area is 95.7 Å². The van der Waals surface area contributed by atoms with Crippen molar-refractivity contribution in [3.63, 3.8) is 0 Å². The quantitative estimate of drug-likeness (QED) is 0.891. The molecule has 0 unspecified atom stereocenters. The van der Waals surface area contributed by atoms with Crippen molar-refractivity contribution in [1.82, 2.24) is 4.98 Å². The van der Waals surface area contributed by atoms with Crippen LogP contribution in [0.4, 0.5) is 10.1 Å². The van der Waals surface area contributed by atoms with Crippen LogP contribution in [0.5, 0.6) is 0 Å². The minimum Gasteiger partial charge on any atom is -0.378 e. The molecule has 5 heteroatoms. The number of hydrogen-bond acceptors (Lipinski definition) is 3. The molecule has 0 bridgehead atoms. The summed E-state index contributed by atoms with van der Waals surface area (Å²) in [6.07, 6.45) is 1.68. The molecule has 1 N–H and O–H groups in total. The van der Waals surface area contributed by atoms with Gasteiger partial charge in [0, 0.05) is 11.1 Å². The van der Waals surface area contributed by atoms with Gasteiger partial charge in [0.1, 0.15) is 5.82 Å². The molecule has 0 atom stereocenters. The van der Waals surface area contributed by atoms with E-state index in [2.05, 4.69) is 10.3 Å². The van der Waals surface area contributed by atoms with Gasteiger partial charge < -0.3 is 5.32 Å². The van der Waals surface area contributed by atoms with Gasteiger partial charge in [0.25, 0.3) is 0 Å². The maximum atomic E-state index is 13.2. The second-order valence-corrected chi connectivity index (χ2v) is 4.61. The van der Waals surface area contributed by atoms with Crippen molar-refractivity contribution in [3.8, 4) is 0 Å². The molecule has 2 aromatic rings. The molecule has 0 spiro atoms. The summed E-state index contributed by atoms with van der Waals surface area (Å²) in [5, 5.41) is 2.98. The molecule has 0 radical (unpaired) electrons. The summed E-state index contributed by atoms with van der Waals surface area (Å²) in [5.74, 6) is -0.256. The Bertz CT molecular complexity index is 458. The number of thiazole rings is 1. The Morgan fingerprint density at radius 2 is 2.20 bits per heavy atom. The zero-order chi connectivity index (χ0) is 10.7. The fourth-order valence-corrected chi connectivity index (χ4v) is 2.07. The first kappa shape index (κ1) is 10.4. The second kappa shape index (κ2) is 4.59. The summed E-state index contributed by atoms with van der Waals surface area (Å²) in [5.41, 5.74) is 0.488. The van der Waals surface area contributed by atoms with E-state index >= 15 is 0 Å². The maximum absolute atomic E-state index is 13.2. The lowest BCUT2D eigenvalue weighted by molar-refractivity contribution is 0.630. The Balaban J connectivity index is 2.02. The molecule has 0 saturated heterocycles. The smallest absolute Gasteiger partial charge is 0.183 e. The summed E-state index contributed by atoms with van der Waals surface area (Å²) < 4.78 is 13.7. The first-order valence-corrected chi connectivity index (χ1v) is 5.54. The standard InChI is InChI=1S/C10H8ClFN2S/c11-10-14-6-7(15-10)5-13-9-4-2-1-3-8(9)12/h1-4,6,13H,5H2. The fraction of sp³-hybridized carbons (Fsp3) is 0.100. The number of benzene rings is 1. The van der Waals surface area contributed by atoms with Gasteiger partial charge in [-0.3, -0.25) is 0 Å². The molecule has 0 amide bonds. The molecule has 0 aliphatic rings. The summed E-state index contributed by atoms with van der Waals surface area (Å²) in [6, 6.07) is 6.55. The van der Waals surface area contributed by atoms with Crippen LogP contribution in [-0.2, 0) is 6.54 Å². The van der Waals surface area contributed by atoms with Gasteiger partial charge in [-0.25, -0.2) is 9.37 Å². The van der Waals surface area contributed by atoms with Gasteiger partial charge in [-0.2, -0.15) is 0 Å². The number of para-hydroxylation sites is 1. The highest BCUT2D eigenvalue weighted by molar-refractivity contribution is 7.15. The Hall–Kier alpha value is -1.13. The maximum Gasteiger partial charge on any atom is 0.183 e. The van der Waals surface area contributed by atoms with Crippen molar-refractivity contribution in [2.24, 2.45) is 0 Å². The van der Waals surface area contributed by atoms with Gasteiger partial charge in [0.05, 0.1) is 12.2 Å². The lowest BCUT2D eigenvalue weighted by Gasteiger charge is -2.04. The third-order valence-electron chi connectivity index (χ3n) is 1.85. The molecule has 2 nitrogen and oxygen atoms in total. The summed E-state index contributed by atoms with van der Waals surface area (Å²) in [7, 11) is 0. The topological polar surface area (TPSA) is 24.9 Å². The monoisotopic (exact) mass is 242 g/mol. The van der Waals surface area contributed by atoms with Gasteiger partial charge in [-0.05, 0) is 12.1 Å². The third kappa shape index (κ3) is 2.67. The molecule has 78 valence electrons. The number of aromatic nitrogens is 1. The highest BCUT2D eigenvalue weighted by Gasteiger charge is 2.02. The number of nitrogens with one attached hydrogen (secondary N) is 1. The van der Waals surface area contributed by atoms with Crippen LogP contribution in [0, 0.1) is 5.82 Å². The van der Waals surface area contributed by atoms with Crippen molar-refractivity contribution in [2.45, 2.75) is 6.54 Å². The average molecular weight is 243 g/mol. The molecule has 0 aliphatic heterocycles. The van der Waals surface area contributed by atoms with Crippen LogP contribution in [0.1, 0.15) is 4.88 Å². The minimum atomic E-state index is -0.256. The lowest BCUT2D eigenvalue weighted by atomic mass is 10.3. The number of nitrogens with zero attached hydrogens (tertiary/aromatic N) is 1. The van der Waals surface area contributed by atoms with Crippen LogP contribution >= 0.6 is 22.9 Å². The zero-order valence-electron chi connectivity index (χ0n) is 7.71. The SMILES string of the molecule is Fc1ccccc1NCc1cnc(Cl)s1. The van der Waals surface area contributed by atoms with Crippen molar-refractivity contribution in [2.75, 3.05) is 5.32 Å². The van der Waals surface area contributed by atoms with Crippen molar-refractivity contribution >= 4 is 28.6 Å². The van der Waals surface area contributed by atoms with E-state index in [1.165, 1.54) is 17.4 Å². The predicted molar refractivity (Wildman–Crippen MR) is 60.9 cm³/mol. The predicted octanol–water partition coefficient (Wildman–Crippen LogP) is 3.55. The Morgan fingerprint density at radius 1 is 1.40 bits per heavy atom. The first-order valence-electron chi connectivity index (χ1n) is 4.34. The van der Waals surface area contributed by atoms with Crippen LogP contribution in [0.15, 0.2) is 30.5 Å². The van der Waals surface area contributed by atoms with E-state index < -0.39 is 0 Å². The normalized spacial score (nSPS) is 10.3. The van der Waals surface area contributed by atoms with Crippen LogP contribution in [0.2, 0.25) is 4.47 Å². The highest BCUT2D eigenvalue weighted by Crippen LogP contribution is 2.20. The van der Waals surface area contributed by atoms with Gasteiger partial charge in [-0.1, -0.05) is 23.7 Å². The van der Waals surface area contributed by atoms with Gasteiger partial charge >= 0.3 is 0 Å². The molecular weight excluding hydrogens is 235 g/mol. The number of anilines is 1. The second-order valence-electron chi connectivity index (χ2n) is 2.91. The molecule has 0 saturated carbocycles. The largest absolute Gasteiger partial charge is 0.378 e. The van der Waals surface area contributed by atoms with E-state index in [1.807, 2.05) is 0 Å². The fourth-order valence-electron chi connectivity index (χ4n) is 1.15. The summed E-state index contributed by atoms with van der Waals surface area (Å²) >= 11 is 7.06. The lowest BCUT2D eigenvalue weighted by Crippen LogP contribution is -1.99. The molecule has 1 aromatic carbocycles. The summed E-state index contributed by atoms with van der Waals surface area (Å²) in [6.45, 7) is 0.533. The van der Waals surface area contributed by atoms with Gasteiger partial charge in [0.2, 0.25) is 0 Å². The van der Waals surface area contributed by atoms with E-state index in [4.69, 9.17) is 11.6 Å². The van der Waals surface area contributed by atoms with Gasteiger partial charge in [0.15, 0.2) is 4.47 Å². The van der Waals surface area contributed by atoms with Crippen LogP contribution in [-0.4, -0.2) is 4.98 Å². The van der Waals surface area contributed by atoms with E-state index in [0.29, 0.717) is 16.7 Å². The van der Waals surface area contributed by atoms with E-state index in [-0.39, 0.29) is 5.82 Å². The van der Waals surface area contributed by atoms with Crippen LogP contribution in [0.25, 0.3) is 0 Å². The molecule has 0 aliphatic carbocycles. The number of rotatable bonds is 3. The van der Waals surface area contributed by atoms with E-state index in [9.17, 15) is 4.39 Å². The zero-order valence-corrected chi connectivity index (χ0v) is 9.28.